The summed E-state index contributed by atoms with van der Waals surface area (Å²) in [6.07, 6.45) is 6.67. The predicted molar refractivity (Wildman–Crippen MR) is 78.8 cm³/mol. The lowest BCUT2D eigenvalue weighted by Gasteiger charge is -2.32. The van der Waals surface area contributed by atoms with Crippen molar-refractivity contribution in [3.63, 3.8) is 0 Å². The Balaban J connectivity index is 1.95. The van der Waals surface area contributed by atoms with Crippen LogP contribution < -0.4 is 5.32 Å². The Hall–Kier alpha value is -0.820. The molecule has 0 spiro atoms. The molecule has 0 heterocycles. The lowest BCUT2D eigenvalue weighted by atomic mass is 9.85. The van der Waals surface area contributed by atoms with Gasteiger partial charge in [0.1, 0.15) is 0 Å². The van der Waals surface area contributed by atoms with Crippen molar-refractivity contribution in [1.82, 2.24) is 5.32 Å². The molecule has 100 valence electrons. The van der Waals surface area contributed by atoms with E-state index in [4.69, 9.17) is 0 Å². The van der Waals surface area contributed by atoms with Gasteiger partial charge >= 0.3 is 0 Å². The highest BCUT2D eigenvalue weighted by atomic mass is 15.0. The van der Waals surface area contributed by atoms with Crippen LogP contribution in [0.15, 0.2) is 24.3 Å². The van der Waals surface area contributed by atoms with E-state index in [9.17, 15) is 0 Å². The van der Waals surface area contributed by atoms with Crippen molar-refractivity contribution in [2.75, 3.05) is 0 Å². The second kappa shape index (κ2) is 6.38. The van der Waals surface area contributed by atoms with E-state index < -0.39 is 0 Å². The van der Waals surface area contributed by atoms with Crippen LogP contribution in [0.3, 0.4) is 0 Å². The molecule has 2 rings (SSSR count). The Morgan fingerprint density at radius 3 is 2.44 bits per heavy atom. The van der Waals surface area contributed by atoms with Gasteiger partial charge in [0, 0.05) is 12.1 Å². The van der Waals surface area contributed by atoms with Crippen LogP contribution >= 0.6 is 0 Å². The number of nitrogens with one attached hydrogen (secondary N) is 1. The highest BCUT2D eigenvalue weighted by Gasteiger charge is 2.22. The largest absolute Gasteiger partial charge is 0.307 e. The normalized spacial score (nSPS) is 25.9. The Labute approximate surface area is 112 Å². The van der Waals surface area contributed by atoms with Gasteiger partial charge in [-0.3, -0.25) is 0 Å². The minimum absolute atomic E-state index is 0.474. The molecule has 3 unspecified atom stereocenters. The van der Waals surface area contributed by atoms with Crippen LogP contribution in [-0.4, -0.2) is 6.04 Å². The summed E-state index contributed by atoms with van der Waals surface area (Å²) in [4.78, 5) is 0. The van der Waals surface area contributed by atoms with Crippen molar-refractivity contribution in [2.45, 2.75) is 65.0 Å². The third-order valence-corrected chi connectivity index (χ3v) is 4.46. The van der Waals surface area contributed by atoms with Crippen molar-refractivity contribution >= 4 is 0 Å². The van der Waals surface area contributed by atoms with E-state index in [0.29, 0.717) is 12.1 Å². The topological polar surface area (TPSA) is 12.0 Å². The third kappa shape index (κ3) is 3.35. The molecule has 0 saturated heterocycles. The van der Waals surface area contributed by atoms with E-state index in [1.54, 1.807) is 0 Å². The fourth-order valence-corrected chi connectivity index (χ4v) is 3.02. The summed E-state index contributed by atoms with van der Waals surface area (Å²) in [6.45, 7) is 6.90. The quantitative estimate of drug-likeness (QED) is 0.824. The molecule has 3 atom stereocenters. The van der Waals surface area contributed by atoms with Crippen molar-refractivity contribution in [3.05, 3.63) is 35.4 Å². The minimum atomic E-state index is 0.474. The average molecular weight is 245 g/mol. The second-order valence-electron chi connectivity index (χ2n) is 5.85. The first-order valence-corrected chi connectivity index (χ1v) is 7.55. The van der Waals surface area contributed by atoms with Gasteiger partial charge in [0.05, 0.1) is 0 Å². The molecule has 0 radical (unpaired) electrons. The zero-order chi connectivity index (χ0) is 13.0. The molecule has 0 bridgehead atoms. The molecule has 0 aromatic heterocycles. The van der Waals surface area contributed by atoms with Crippen LogP contribution in [0.1, 0.15) is 63.6 Å². The van der Waals surface area contributed by atoms with Crippen molar-refractivity contribution in [3.8, 4) is 0 Å². The minimum Gasteiger partial charge on any atom is -0.307 e. The van der Waals surface area contributed by atoms with Gasteiger partial charge < -0.3 is 5.32 Å². The molecule has 1 aromatic rings. The maximum atomic E-state index is 3.82. The highest BCUT2D eigenvalue weighted by Crippen LogP contribution is 2.26. The molecule has 1 saturated carbocycles. The van der Waals surface area contributed by atoms with E-state index in [-0.39, 0.29) is 0 Å². The maximum absolute atomic E-state index is 3.82. The number of hydrogen-bond acceptors (Lipinski definition) is 1. The molecular formula is C17H27N. The average Bonchev–Trinajstić information content (AvgIpc) is 2.41. The van der Waals surface area contributed by atoms with Crippen LogP contribution in [0.25, 0.3) is 0 Å². The Kier molecular flexibility index (Phi) is 4.82. The van der Waals surface area contributed by atoms with Crippen LogP contribution in [0.2, 0.25) is 0 Å². The van der Waals surface area contributed by atoms with E-state index in [1.807, 2.05) is 0 Å². The van der Waals surface area contributed by atoms with E-state index >= 15 is 0 Å². The molecular weight excluding hydrogens is 218 g/mol. The van der Waals surface area contributed by atoms with Gasteiger partial charge in [-0.1, -0.05) is 51.0 Å². The first-order chi connectivity index (χ1) is 8.70. The van der Waals surface area contributed by atoms with Gasteiger partial charge in [-0.15, -0.1) is 0 Å². The molecule has 1 heteroatoms. The predicted octanol–water partition coefficient (Wildman–Crippen LogP) is 4.48. The molecule has 1 N–H and O–H groups in total. The van der Waals surface area contributed by atoms with E-state index in [1.165, 1.54) is 36.8 Å². The maximum Gasteiger partial charge on any atom is 0.0294 e. The van der Waals surface area contributed by atoms with Gasteiger partial charge in [0.2, 0.25) is 0 Å². The number of hydrogen-bond donors (Lipinski definition) is 1. The third-order valence-electron chi connectivity index (χ3n) is 4.46. The summed E-state index contributed by atoms with van der Waals surface area (Å²) in [5.74, 6) is 0.830. The Bertz CT molecular complexity index is 354. The summed E-state index contributed by atoms with van der Waals surface area (Å²) < 4.78 is 0. The summed E-state index contributed by atoms with van der Waals surface area (Å²) in [7, 11) is 0. The standard InChI is InChI=1S/C17H27N/c1-4-15-9-11-16(12-10-15)14(3)18-17-8-6-5-7-13(17)2/h9-14,17-18H,4-8H2,1-3H3. The summed E-state index contributed by atoms with van der Waals surface area (Å²) in [5, 5.41) is 3.82. The lowest BCUT2D eigenvalue weighted by molar-refractivity contribution is 0.263. The fraction of sp³-hybridized carbons (Fsp3) is 0.647. The summed E-state index contributed by atoms with van der Waals surface area (Å²) >= 11 is 0. The highest BCUT2D eigenvalue weighted by molar-refractivity contribution is 5.24. The molecule has 0 aliphatic heterocycles. The fourth-order valence-electron chi connectivity index (χ4n) is 3.02. The van der Waals surface area contributed by atoms with Gasteiger partial charge in [0.15, 0.2) is 0 Å². The first-order valence-electron chi connectivity index (χ1n) is 7.55. The summed E-state index contributed by atoms with van der Waals surface area (Å²) in [5.41, 5.74) is 2.85. The van der Waals surface area contributed by atoms with Gasteiger partial charge in [0.25, 0.3) is 0 Å². The molecule has 1 aliphatic carbocycles. The lowest BCUT2D eigenvalue weighted by Crippen LogP contribution is -2.38. The number of rotatable bonds is 4. The summed E-state index contributed by atoms with van der Waals surface area (Å²) in [6, 6.07) is 10.3. The van der Waals surface area contributed by atoms with Gasteiger partial charge in [-0.2, -0.15) is 0 Å². The van der Waals surface area contributed by atoms with Crippen LogP contribution in [0, 0.1) is 5.92 Å². The Morgan fingerprint density at radius 2 is 1.83 bits per heavy atom. The molecule has 1 fully saturated rings. The van der Waals surface area contributed by atoms with Gasteiger partial charge in [-0.25, -0.2) is 0 Å². The van der Waals surface area contributed by atoms with Crippen LogP contribution in [-0.2, 0) is 6.42 Å². The molecule has 18 heavy (non-hydrogen) atoms. The van der Waals surface area contributed by atoms with Crippen molar-refractivity contribution in [1.29, 1.82) is 0 Å². The van der Waals surface area contributed by atoms with E-state index in [0.717, 1.165) is 12.3 Å². The molecule has 0 amide bonds. The monoisotopic (exact) mass is 245 g/mol. The van der Waals surface area contributed by atoms with E-state index in [2.05, 4.69) is 50.4 Å². The smallest absolute Gasteiger partial charge is 0.0294 e. The van der Waals surface area contributed by atoms with Crippen LogP contribution in [0.4, 0.5) is 0 Å². The Morgan fingerprint density at radius 1 is 1.17 bits per heavy atom. The second-order valence-corrected chi connectivity index (χ2v) is 5.85. The zero-order valence-corrected chi connectivity index (χ0v) is 12.1. The van der Waals surface area contributed by atoms with Crippen molar-refractivity contribution < 1.29 is 0 Å². The SMILES string of the molecule is CCc1ccc(C(C)NC2CCCCC2C)cc1. The number of aryl methyl sites for hydroxylation is 1. The van der Waals surface area contributed by atoms with Crippen LogP contribution in [0.5, 0.6) is 0 Å². The number of benzene rings is 1. The molecule has 1 aliphatic rings. The first kappa shape index (κ1) is 13.6. The molecule has 1 nitrogen and oxygen atoms in total. The van der Waals surface area contributed by atoms with Crippen molar-refractivity contribution in [2.24, 2.45) is 5.92 Å². The zero-order valence-electron chi connectivity index (χ0n) is 12.1. The van der Waals surface area contributed by atoms with Gasteiger partial charge in [-0.05, 0) is 43.2 Å². The molecule has 1 aromatic carbocycles.